The lowest BCUT2D eigenvalue weighted by Gasteiger charge is -2.40. The van der Waals surface area contributed by atoms with Crippen molar-refractivity contribution in [1.82, 2.24) is 0 Å². The van der Waals surface area contributed by atoms with E-state index in [0.717, 1.165) is 6.07 Å². The van der Waals surface area contributed by atoms with Gasteiger partial charge in [-0.3, -0.25) is 0 Å². The van der Waals surface area contributed by atoms with Crippen LogP contribution < -0.4 is 4.90 Å². The predicted molar refractivity (Wildman–Crippen MR) is 112 cm³/mol. The quantitative estimate of drug-likeness (QED) is 0.426. The number of fused-ring (bicyclic) bond motifs is 1. The molecule has 1 saturated heterocycles. The maximum atomic E-state index is 15.3. The van der Waals surface area contributed by atoms with E-state index in [1.165, 1.54) is 6.07 Å². The van der Waals surface area contributed by atoms with Crippen molar-refractivity contribution in [2.75, 3.05) is 31.2 Å². The van der Waals surface area contributed by atoms with Gasteiger partial charge in [-0.15, -0.1) is 0 Å². The molecule has 0 aromatic heterocycles. The van der Waals surface area contributed by atoms with Crippen LogP contribution in [0.3, 0.4) is 0 Å². The normalized spacial score (nSPS) is 22.2. The van der Waals surface area contributed by atoms with Crippen LogP contribution in [0.2, 0.25) is 18.1 Å². The Hall–Kier alpha value is -1.24. The Bertz CT molecular complexity index is 983. The summed E-state index contributed by atoms with van der Waals surface area (Å²) in [7, 11) is -8.77. The zero-order chi connectivity index (χ0) is 24.3. The molecule has 1 heterocycles. The summed E-state index contributed by atoms with van der Waals surface area (Å²) in [6, 6.07) is 1.98. The highest BCUT2D eigenvalue weighted by Gasteiger charge is 2.58. The lowest BCUT2D eigenvalue weighted by molar-refractivity contribution is -0.0910. The molecule has 1 atom stereocenters. The first-order chi connectivity index (χ1) is 14.4. The molecule has 0 unspecified atom stereocenters. The lowest BCUT2D eigenvalue weighted by atomic mass is 10.1. The van der Waals surface area contributed by atoms with Gasteiger partial charge in [-0.25, -0.2) is 17.2 Å². The average molecular weight is 502 g/mol. The molecule has 3 rings (SSSR count). The number of alkyl halides is 5. The van der Waals surface area contributed by atoms with Crippen LogP contribution >= 0.6 is 0 Å². The fourth-order valence-corrected chi connectivity index (χ4v) is 5.97. The van der Waals surface area contributed by atoms with Crippen molar-refractivity contribution in [3.63, 3.8) is 0 Å². The molecule has 182 valence electrons. The molecule has 12 heteroatoms. The van der Waals surface area contributed by atoms with E-state index in [9.17, 15) is 21.6 Å². The summed E-state index contributed by atoms with van der Waals surface area (Å²) in [5.41, 5.74) is -6.00. The lowest BCUT2D eigenvalue weighted by Crippen LogP contribution is -2.44. The maximum Gasteiger partial charge on any atom is 0.501 e. The summed E-state index contributed by atoms with van der Waals surface area (Å²) in [6.07, 6.45) is -2.97. The summed E-state index contributed by atoms with van der Waals surface area (Å²) in [4.78, 5) is 0.579. The van der Waals surface area contributed by atoms with Gasteiger partial charge in [-0.05, 0) is 35.8 Å². The third kappa shape index (κ3) is 4.30. The minimum Gasteiger partial charge on any atom is -0.404 e. The molecular formula is C20H28F5NO4SSi. The third-order valence-corrected chi connectivity index (χ3v) is 12.5. The van der Waals surface area contributed by atoms with E-state index in [2.05, 4.69) is 0 Å². The van der Waals surface area contributed by atoms with Gasteiger partial charge in [0.15, 0.2) is 8.32 Å². The van der Waals surface area contributed by atoms with Crippen molar-refractivity contribution >= 4 is 23.8 Å². The second-order valence-corrected chi connectivity index (χ2v) is 16.4. The minimum absolute atomic E-state index is 0.106. The number of hydrogen-bond acceptors (Lipinski definition) is 5. The van der Waals surface area contributed by atoms with Crippen molar-refractivity contribution in [2.24, 2.45) is 0 Å². The molecule has 1 fully saturated rings. The van der Waals surface area contributed by atoms with Crippen LogP contribution in [0.5, 0.6) is 0 Å². The van der Waals surface area contributed by atoms with E-state index >= 15 is 8.78 Å². The SMILES string of the molecule is CC(C)(C)[Si](C)(C)O[C@H]1c2c(S(=O)(=O)C(F)(F)F)ccc(N3CCOCC3)c2CC1(F)F. The summed E-state index contributed by atoms with van der Waals surface area (Å²) >= 11 is 0. The Morgan fingerprint density at radius 1 is 1.12 bits per heavy atom. The number of anilines is 1. The second-order valence-electron chi connectivity index (χ2n) is 9.72. The fourth-order valence-electron chi connectivity index (χ4n) is 3.72. The molecule has 1 aliphatic carbocycles. The smallest absolute Gasteiger partial charge is 0.404 e. The van der Waals surface area contributed by atoms with E-state index in [0.29, 0.717) is 32.0 Å². The highest BCUT2D eigenvalue weighted by molar-refractivity contribution is 7.92. The van der Waals surface area contributed by atoms with Gasteiger partial charge in [0.05, 0.1) is 18.1 Å². The number of sulfone groups is 1. The van der Waals surface area contributed by atoms with Crippen molar-refractivity contribution in [1.29, 1.82) is 0 Å². The van der Waals surface area contributed by atoms with Gasteiger partial charge in [0.25, 0.3) is 15.8 Å². The Morgan fingerprint density at radius 2 is 1.69 bits per heavy atom. The topological polar surface area (TPSA) is 55.8 Å². The van der Waals surface area contributed by atoms with Crippen LogP contribution in [0.15, 0.2) is 17.0 Å². The van der Waals surface area contributed by atoms with Gasteiger partial charge in [-0.1, -0.05) is 20.8 Å². The van der Waals surface area contributed by atoms with E-state index < -0.39 is 57.6 Å². The molecule has 0 bridgehead atoms. The third-order valence-electron chi connectivity index (χ3n) is 6.52. The summed E-state index contributed by atoms with van der Waals surface area (Å²) < 4.78 is 107. The van der Waals surface area contributed by atoms with Crippen LogP contribution in [-0.2, 0) is 25.4 Å². The molecule has 0 radical (unpaired) electrons. The first-order valence-corrected chi connectivity index (χ1v) is 14.6. The highest BCUT2D eigenvalue weighted by atomic mass is 32.2. The van der Waals surface area contributed by atoms with Gasteiger partial charge in [-0.2, -0.15) is 13.2 Å². The fraction of sp³-hybridized carbons (Fsp3) is 0.700. The molecule has 0 spiro atoms. The summed E-state index contributed by atoms with van der Waals surface area (Å²) in [6.45, 7) is 10.2. The molecule has 0 N–H and O–H groups in total. The number of rotatable bonds is 4. The molecular weight excluding hydrogens is 473 g/mol. The zero-order valence-electron chi connectivity index (χ0n) is 18.6. The highest BCUT2D eigenvalue weighted by Crippen LogP contribution is 2.54. The molecule has 1 aromatic rings. The van der Waals surface area contributed by atoms with Crippen molar-refractivity contribution < 1.29 is 39.5 Å². The predicted octanol–water partition coefficient (Wildman–Crippen LogP) is 5.07. The van der Waals surface area contributed by atoms with Gasteiger partial charge < -0.3 is 14.1 Å². The minimum atomic E-state index is -5.86. The molecule has 0 amide bonds. The van der Waals surface area contributed by atoms with Crippen molar-refractivity contribution in [2.45, 2.75) is 67.8 Å². The van der Waals surface area contributed by atoms with Crippen LogP contribution in [0, 0.1) is 0 Å². The maximum absolute atomic E-state index is 15.3. The molecule has 5 nitrogen and oxygen atoms in total. The van der Waals surface area contributed by atoms with E-state index in [4.69, 9.17) is 9.16 Å². The summed E-state index contributed by atoms with van der Waals surface area (Å²) in [5.74, 6) is -3.56. The van der Waals surface area contributed by atoms with Crippen LogP contribution in [0.4, 0.5) is 27.6 Å². The number of ether oxygens (including phenoxy) is 1. The van der Waals surface area contributed by atoms with Crippen molar-refractivity contribution in [3.05, 3.63) is 23.3 Å². The molecule has 1 aliphatic heterocycles. The Labute approximate surface area is 185 Å². The van der Waals surface area contributed by atoms with Crippen LogP contribution in [0.1, 0.15) is 38.0 Å². The molecule has 32 heavy (non-hydrogen) atoms. The van der Waals surface area contributed by atoms with E-state index in [1.54, 1.807) is 18.0 Å². The summed E-state index contributed by atoms with van der Waals surface area (Å²) in [5, 5.41) is -0.517. The first-order valence-electron chi connectivity index (χ1n) is 10.3. The van der Waals surface area contributed by atoms with Gasteiger partial charge in [0, 0.05) is 30.8 Å². The van der Waals surface area contributed by atoms with Crippen molar-refractivity contribution in [3.8, 4) is 0 Å². The largest absolute Gasteiger partial charge is 0.501 e. The monoisotopic (exact) mass is 501 g/mol. The standard InChI is InChI=1S/C20H28F5NO4SSi/c1-18(2,3)32(4,5)30-17-16-13(12-19(17,21)22)14(26-8-10-29-11-9-26)6-7-15(16)31(27,28)20(23,24)25/h6-7,17H,8-12H2,1-5H3/t17-/m0/s1. The zero-order valence-corrected chi connectivity index (χ0v) is 20.5. The Balaban J connectivity index is 2.25. The van der Waals surface area contributed by atoms with E-state index in [-0.39, 0.29) is 5.56 Å². The average Bonchev–Trinajstić information content (AvgIpc) is 2.90. The first kappa shape index (κ1) is 25.4. The number of hydrogen-bond donors (Lipinski definition) is 0. The van der Waals surface area contributed by atoms with Gasteiger partial charge in [0.2, 0.25) is 0 Å². The second kappa shape index (κ2) is 7.92. The van der Waals surface area contributed by atoms with Crippen LogP contribution in [0.25, 0.3) is 0 Å². The molecule has 0 saturated carbocycles. The van der Waals surface area contributed by atoms with Crippen LogP contribution in [-0.4, -0.2) is 54.5 Å². The Kier molecular flexibility index (Phi) is 6.28. The Morgan fingerprint density at radius 3 is 2.19 bits per heavy atom. The molecule has 1 aromatic carbocycles. The number of halogens is 5. The number of morpholine rings is 1. The number of nitrogens with zero attached hydrogens (tertiary/aromatic N) is 1. The van der Waals surface area contributed by atoms with Gasteiger partial charge >= 0.3 is 5.51 Å². The van der Waals surface area contributed by atoms with E-state index in [1.807, 2.05) is 20.8 Å². The van der Waals surface area contributed by atoms with Gasteiger partial charge in [0.1, 0.15) is 6.10 Å². The molecule has 2 aliphatic rings. The number of benzene rings is 1.